The van der Waals surface area contributed by atoms with Crippen molar-refractivity contribution in [3.8, 4) is 16.9 Å². The van der Waals surface area contributed by atoms with Crippen LogP contribution in [-0.4, -0.2) is 14.9 Å². The van der Waals surface area contributed by atoms with Crippen molar-refractivity contribution < 1.29 is 37.8 Å². The van der Waals surface area contributed by atoms with E-state index in [9.17, 15) is 9.90 Å². The Labute approximate surface area is 199 Å². The van der Waals surface area contributed by atoms with Crippen molar-refractivity contribution >= 4 is 0 Å². The van der Waals surface area contributed by atoms with Crippen LogP contribution in [-0.2, 0) is 45.7 Å². The summed E-state index contributed by atoms with van der Waals surface area (Å²) in [7, 11) is 0. The Morgan fingerprint density at radius 2 is 1.59 bits per heavy atom. The Morgan fingerprint density at radius 1 is 1.00 bits per heavy atom. The molecule has 0 saturated carbocycles. The molecule has 0 aliphatic heterocycles. The van der Waals surface area contributed by atoms with Gasteiger partial charge in [0.2, 0.25) is 0 Å². The molecule has 29 heavy (non-hydrogen) atoms. The average molecular weight is 468 g/mol. The molecule has 4 nitrogen and oxygen atoms in total. The molecule has 0 unspecified atom stereocenters. The number of hydrogen-bond donors (Lipinski definition) is 1. The van der Waals surface area contributed by atoms with Crippen molar-refractivity contribution in [2.45, 2.75) is 47.1 Å². The minimum absolute atomic E-state index is 0. The molecule has 153 valence electrons. The van der Waals surface area contributed by atoms with Gasteiger partial charge < -0.3 is 12.5 Å². The van der Waals surface area contributed by atoms with Gasteiger partial charge in [-0.2, -0.15) is 5.10 Å². The minimum Gasteiger partial charge on any atom is -0.505 e. The standard InChI is InChI=1S/C21H22N2O2.C2H6.CH3.Y/c1-3-9-18-20(24)19(17-13-8-7-10-15(17)2)21(25)23(22-18)14-16-11-5-4-6-12-16;1-2;;/h4-8,10-13,24H,3,9,14H2,1-2H3;1-2H3;1H3;/q;;-1;. The van der Waals surface area contributed by atoms with E-state index < -0.39 is 0 Å². The quantitative estimate of drug-likeness (QED) is 0.511. The Kier molecular flexibility index (Phi) is 12.6. The summed E-state index contributed by atoms with van der Waals surface area (Å²) in [6, 6.07) is 17.4. The zero-order valence-electron chi connectivity index (χ0n) is 18.1. The normalized spacial score (nSPS) is 9.52. The maximum absolute atomic E-state index is 13.0. The fourth-order valence-corrected chi connectivity index (χ4v) is 2.98. The number of aromatic hydroxyl groups is 1. The molecule has 1 N–H and O–H groups in total. The molecule has 2 aromatic carbocycles. The summed E-state index contributed by atoms with van der Waals surface area (Å²) < 4.78 is 1.46. The molecule has 1 heterocycles. The predicted molar refractivity (Wildman–Crippen MR) is 118 cm³/mol. The van der Waals surface area contributed by atoms with Crippen LogP contribution in [0.25, 0.3) is 11.1 Å². The van der Waals surface area contributed by atoms with Crippen molar-refractivity contribution in [1.29, 1.82) is 0 Å². The first-order chi connectivity index (χ1) is 13.1. The summed E-state index contributed by atoms with van der Waals surface area (Å²) in [6.07, 6.45) is 1.47. The van der Waals surface area contributed by atoms with E-state index in [0.29, 0.717) is 24.2 Å². The number of benzene rings is 2. The molecule has 1 radical (unpaired) electrons. The van der Waals surface area contributed by atoms with Gasteiger partial charge in [0.05, 0.1) is 12.1 Å². The van der Waals surface area contributed by atoms with Crippen LogP contribution in [0.15, 0.2) is 59.4 Å². The van der Waals surface area contributed by atoms with E-state index >= 15 is 0 Å². The molecule has 0 atom stereocenters. The molecule has 0 spiro atoms. The Balaban J connectivity index is 0.00000190. The molecule has 0 saturated heterocycles. The summed E-state index contributed by atoms with van der Waals surface area (Å²) in [5, 5.41) is 15.1. The number of nitrogens with zero attached hydrogens (tertiary/aromatic N) is 2. The van der Waals surface area contributed by atoms with Crippen LogP contribution >= 0.6 is 0 Å². The van der Waals surface area contributed by atoms with Gasteiger partial charge in [-0.1, -0.05) is 81.8 Å². The van der Waals surface area contributed by atoms with Crippen LogP contribution in [0.1, 0.15) is 44.0 Å². The van der Waals surface area contributed by atoms with Gasteiger partial charge >= 0.3 is 0 Å². The third-order valence-corrected chi connectivity index (χ3v) is 4.28. The first-order valence-electron chi connectivity index (χ1n) is 9.54. The number of aromatic nitrogens is 2. The smallest absolute Gasteiger partial charge is 0.278 e. The molecular formula is C24H31N2O2Y-. The van der Waals surface area contributed by atoms with E-state index in [4.69, 9.17) is 0 Å². The van der Waals surface area contributed by atoms with Crippen LogP contribution in [0.2, 0.25) is 0 Å². The molecule has 5 heteroatoms. The second-order valence-corrected chi connectivity index (χ2v) is 6.18. The summed E-state index contributed by atoms with van der Waals surface area (Å²) in [5.41, 5.74) is 3.35. The van der Waals surface area contributed by atoms with E-state index in [-0.39, 0.29) is 51.4 Å². The average Bonchev–Trinajstić information content (AvgIpc) is 2.70. The molecule has 0 aliphatic rings. The maximum atomic E-state index is 13.0. The van der Waals surface area contributed by atoms with Crippen LogP contribution in [0.5, 0.6) is 5.75 Å². The van der Waals surface area contributed by atoms with Crippen molar-refractivity contribution in [2.24, 2.45) is 0 Å². The fraction of sp³-hybridized carbons (Fsp3) is 0.292. The van der Waals surface area contributed by atoms with Gasteiger partial charge in [0.15, 0.2) is 5.75 Å². The predicted octanol–water partition coefficient (Wildman–Crippen LogP) is 5.40. The SMILES string of the molecule is CC.CCCc1nn(Cc2ccccc2)c(=O)c(-c2ccccc2C)c1O.[CH3-].[Y]. The van der Waals surface area contributed by atoms with Gasteiger partial charge in [-0.3, -0.25) is 4.79 Å². The fourth-order valence-electron chi connectivity index (χ4n) is 2.98. The topological polar surface area (TPSA) is 55.1 Å². The van der Waals surface area contributed by atoms with Crippen molar-refractivity contribution in [1.82, 2.24) is 9.78 Å². The number of hydrogen-bond acceptors (Lipinski definition) is 3. The molecule has 1 aromatic heterocycles. The van der Waals surface area contributed by atoms with Crippen molar-refractivity contribution in [2.75, 3.05) is 0 Å². The van der Waals surface area contributed by atoms with Crippen LogP contribution in [0.4, 0.5) is 0 Å². The number of rotatable bonds is 5. The first kappa shape index (κ1) is 27.2. The second kappa shape index (κ2) is 13.4. The molecular weight excluding hydrogens is 437 g/mol. The third-order valence-electron chi connectivity index (χ3n) is 4.28. The monoisotopic (exact) mass is 468 g/mol. The van der Waals surface area contributed by atoms with Gasteiger partial charge in [-0.15, -0.1) is 0 Å². The van der Waals surface area contributed by atoms with Crippen LogP contribution in [0.3, 0.4) is 0 Å². The molecule has 0 bridgehead atoms. The molecule has 3 aromatic rings. The van der Waals surface area contributed by atoms with Gasteiger partial charge in [0.25, 0.3) is 5.56 Å². The van der Waals surface area contributed by atoms with E-state index in [1.165, 1.54) is 4.68 Å². The van der Waals surface area contributed by atoms with Crippen molar-refractivity contribution in [3.63, 3.8) is 0 Å². The minimum atomic E-state index is -0.268. The maximum Gasteiger partial charge on any atom is 0.278 e. The molecule has 0 aliphatic carbocycles. The molecule has 3 rings (SSSR count). The number of aryl methyl sites for hydroxylation is 2. The zero-order chi connectivity index (χ0) is 19.8. The second-order valence-electron chi connectivity index (χ2n) is 6.18. The van der Waals surface area contributed by atoms with Gasteiger partial charge in [-0.05, 0) is 30.0 Å². The van der Waals surface area contributed by atoms with Crippen LogP contribution in [0, 0.1) is 14.4 Å². The van der Waals surface area contributed by atoms with Gasteiger partial charge in [-0.25, -0.2) is 4.68 Å². The van der Waals surface area contributed by atoms with Gasteiger partial charge in [0, 0.05) is 32.7 Å². The summed E-state index contributed by atoms with van der Waals surface area (Å²) in [4.78, 5) is 13.0. The van der Waals surface area contributed by atoms with E-state index in [2.05, 4.69) is 5.10 Å². The Bertz CT molecular complexity index is 937. The van der Waals surface area contributed by atoms with Crippen LogP contribution < -0.4 is 5.56 Å². The summed E-state index contributed by atoms with van der Waals surface area (Å²) in [5.74, 6) is 0.00506. The summed E-state index contributed by atoms with van der Waals surface area (Å²) >= 11 is 0. The van der Waals surface area contributed by atoms with Crippen molar-refractivity contribution in [3.05, 3.63) is 89.2 Å². The van der Waals surface area contributed by atoms with E-state index in [1.54, 1.807) is 0 Å². The van der Waals surface area contributed by atoms with E-state index in [1.807, 2.05) is 82.3 Å². The Hall–Kier alpha value is -1.78. The largest absolute Gasteiger partial charge is 0.505 e. The summed E-state index contributed by atoms with van der Waals surface area (Å²) in [6.45, 7) is 8.35. The first-order valence-corrected chi connectivity index (χ1v) is 9.54. The molecule has 0 amide bonds. The Morgan fingerprint density at radius 3 is 2.17 bits per heavy atom. The molecule has 0 fully saturated rings. The van der Waals surface area contributed by atoms with E-state index in [0.717, 1.165) is 23.1 Å². The van der Waals surface area contributed by atoms with Gasteiger partial charge in [0.1, 0.15) is 5.69 Å². The zero-order valence-corrected chi connectivity index (χ0v) is 21.0. The third kappa shape index (κ3) is 6.62.